The second-order valence-corrected chi connectivity index (χ2v) is 20.2. The van der Waals surface area contributed by atoms with E-state index < -0.39 is 55.1 Å². The minimum Gasteiger partial charge on any atom is -0.748 e. The first-order valence-corrected chi connectivity index (χ1v) is 24.9. The van der Waals surface area contributed by atoms with Crippen LogP contribution in [0.1, 0.15) is 181 Å². The number of ether oxygens (including phenoxy) is 3. The summed E-state index contributed by atoms with van der Waals surface area (Å²) in [6.07, 6.45) is 8.94. The number of carbonyl (C=O) groups excluding carboxylic acids is 5. The molecule has 6 atom stereocenters. The Balaban J connectivity index is -0.000000194. The number of amides is 2. The molecule has 0 rings (SSSR count). The summed E-state index contributed by atoms with van der Waals surface area (Å²) < 4.78 is 81.4. The van der Waals surface area contributed by atoms with Crippen LogP contribution in [0.2, 0.25) is 0 Å². The van der Waals surface area contributed by atoms with Gasteiger partial charge >= 0.3 is 77.0 Å². The number of rotatable bonds is 25. The zero-order valence-corrected chi connectivity index (χ0v) is 47.8. The molecule has 6 unspecified atom stereocenters. The van der Waals surface area contributed by atoms with Crippen LogP contribution in [-0.4, -0.2) is 91.0 Å². The number of hydrogen-bond donors (Lipinski definition) is 2. The molecule has 0 saturated heterocycles. The molecule has 0 heterocycles. The minimum absolute atomic E-state index is 0. The van der Waals surface area contributed by atoms with Gasteiger partial charge in [0.15, 0.2) is 5.25 Å². The van der Waals surface area contributed by atoms with E-state index in [0.717, 1.165) is 64.2 Å². The van der Waals surface area contributed by atoms with Gasteiger partial charge in [-0.25, -0.2) is 16.8 Å². The Morgan fingerprint density at radius 1 is 0.635 bits per heavy atom. The maximum absolute atomic E-state index is 12.1. The Morgan fingerprint density at radius 3 is 1.35 bits per heavy atom. The van der Waals surface area contributed by atoms with Gasteiger partial charge in [0.05, 0.1) is 41.4 Å². The number of nitrogens with two attached hydrogens (primary N) is 1. The van der Waals surface area contributed by atoms with Gasteiger partial charge in [-0.2, -0.15) is 0 Å². The SMILES string of the molecule is CCC(C)C(=O)NC(C)(C)CS(=O)(=O)[O-].CCC(C)C(=O)OC(C)(C)C.CCC(C)C(N)=O.CCCCC(CC)COC(=O)CC(C(=O)OCC(CC)CCCC)S(=O)(=O)[O-].[Na+].[Na+]. The molecule has 16 nitrogen and oxygen atoms in total. The number of nitrogens with one attached hydrogen (secondary N) is 1. The van der Waals surface area contributed by atoms with Crippen LogP contribution in [0.3, 0.4) is 0 Å². The standard InChI is InChI=1S/C20H38O7S.C9H19NO4S.C9H18O2.C5H11NO.2Na/c1-5-9-11-16(7-3)14-26-19(21)13-18(28(23,24)25)20(22)27-15-17(8-4)12-10-6-2;1-5-7(2)8(11)10-9(3,4)6-15(12,13)14;1-6-7(2)8(10)11-9(3,4)5;1-3-4(2)5(6)7;;/h16-18H,5-15H2,1-4H3,(H,23,24,25);7H,5-6H2,1-4H3,(H,10,11)(H,12,13,14);7H,6H2,1-5H3;4H,3H2,1-2H3,(H2,6,7);;/q;;;;2*+1/p-2. The zero-order chi connectivity index (χ0) is 48.8. The zero-order valence-electron chi connectivity index (χ0n) is 42.2. The van der Waals surface area contributed by atoms with Gasteiger partial charge in [-0.05, 0) is 78.6 Å². The molecule has 364 valence electrons. The van der Waals surface area contributed by atoms with E-state index >= 15 is 0 Å². The van der Waals surface area contributed by atoms with E-state index in [1.54, 1.807) is 6.92 Å². The first-order valence-electron chi connectivity index (χ1n) is 21.9. The summed E-state index contributed by atoms with van der Waals surface area (Å²) >= 11 is 0. The maximum Gasteiger partial charge on any atom is 1.00 e. The van der Waals surface area contributed by atoms with E-state index in [1.165, 1.54) is 13.8 Å². The smallest absolute Gasteiger partial charge is 0.748 e. The van der Waals surface area contributed by atoms with Gasteiger partial charge in [0.25, 0.3) is 0 Å². The fourth-order valence-electron chi connectivity index (χ4n) is 4.70. The molecule has 0 fully saturated rings. The van der Waals surface area contributed by atoms with Crippen molar-refractivity contribution in [1.29, 1.82) is 0 Å². The Hall–Kier alpha value is -0.830. The molecule has 0 aliphatic carbocycles. The van der Waals surface area contributed by atoms with Crippen LogP contribution in [0.25, 0.3) is 0 Å². The summed E-state index contributed by atoms with van der Waals surface area (Å²) in [6, 6.07) is 0. The Morgan fingerprint density at radius 2 is 1.05 bits per heavy atom. The van der Waals surface area contributed by atoms with Gasteiger partial charge in [-0.1, -0.05) is 108 Å². The van der Waals surface area contributed by atoms with Crippen LogP contribution in [0.4, 0.5) is 0 Å². The number of primary amides is 1. The summed E-state index contributed by atoms with van der Waals surface area (Å²) in [7, 11) is -9.34. The maximum atomic E-state index is 12.1. The fourth-order valence-corrected chi connectivity index (χ4v) is 6.30. The summed E-state index contributed by atoms with van der Waals surface area (Å²) in [5.74, 6) is -2.99. The molecule has 2 amide bonds. The molecule has 0 aromatic rings. The van der Waals surface area contributed by atoms with Crippen molar-refractivity contribution in [2.75, 3.05) is 19.0 Å². The summed E-state index contributed by atoms with van der Waals surface area (Å²) in [5, 5.41) is 0.489. The molecule has 0 bridgehead atoms. The van der Waals surface area contributed by atoms with Crippen LogP contribution in [0, 0.1) is 29.6 Å². The monoisotopic (exact) mass is 963 g/mol. The quantitative estimate of drug-likeness (QED) is 0.0564. The molecule has 3 N–H and O–H groups in total. The molecular weight excluding hydrogens is 879 g/mol. The van der Waals surface area contributed by atoms with E-state index in [9.17, 15) is 49.9 Å². The average Bonchev–Trinajstić information content (AvgIpc) is 3.14. The molecule has 0 aliphatic heterocycles. The summed E-state index contributed by atoms with van der Waals surface area (Å²) in [6.45, 7) is 28.2. The molecule has 20 heteroatoms. The minimum atomic E-state index is -5.01. The van der Waals surface area contributed by atoms with Crippen molar-refractivity contribution >= 4 is 50.0 Å². The van der Waals surface area contributed by atoms with Crippen molar-refractivity contribution in [2.24, 2.45) is 35.3 Å². The Bertz CT molecular complexity index is 1470. The van der Waals surface area contributed by atoms with E-state index in [4.69, 9.17) is 19.9 Å². The van der Waals surface area contributed by atoms with Gasteiger partial charge in [-0.15, -0.1) is 0 Å². The first kappa shape index (κ1) is 73.7. The van der Waals surface area contributed by atoms with Crippen molar-refractivity contribution in [3.8, 4) is 0 Å². The summed E-state index contributed by atoms with van der Waals surface area (Å²) in [4.78, 5) is 56.9. The Labute approximate surface area is 426 Å². The van der Waals surface area contributed by atoms with Crippen LogP contribution in [0.5, 0.6) is 0 Å². The van der Waals surface area contributed by atoms with E-state index in [0.29, 0.717) is 6.42 Å². The predicted molar refractivity (Wildman–Crippen MR) is 237 cm³/mol. The second kappa shape index (κ2) is 39.2. The van der Waals surface area contributed by atoms with Gasteiger partial charge in [0.2, 0.25) is 11.8 Å². The van der Waals surface area contributed by atoms with Crippen molar-refractivity contribution < 1.29 is 123 Å². The molecule has 0 radical (unpaired) electrons. The van der Waals surface area contributed by atoms with Gasteiger partial charge in [0.1, 0.15) is 15.7 Å². The van der Waals surface area contributed by atoms with Gasteiger partial charge in [0, 0.05) is 17.4 Å². The topological polar surface area (TPSA) is 265 Å². The second-order valence-electron chi connectivity index (χ2n) is 17.3. The van der Waals surface area contributed by atoms with Crippen LogP contribution in [0.15, 0.2) is 0 Å². The molecular formula is C43H84N2Na2O14S2. The van der Waals surface area contributed by atoms with E-state index in [1.807, 2.05) is 69.2 Å². The molecule has 0 aromatic carbocycles. The number of carbonyl (C=O) groups is 5. The average molecular weight is 963 g/mol. The number of hydrogen-bond acceptors (Lipinski definition) is 14. The number of esters is 3. The largest absolute Gasteiger partial charge is 1.00 e. The molecule has 0 spiro atoms. The van der Waals surface area contributed by atoms with Crippen molar-refractivity contribution in [1.82, 2.24) is 5.32 Å². The van der Waals surface area contributed by atoms with Crippen molar-refractivity contribution in [2.45, 2.75) is 197 Å². The third-order valence-corrected chi connectivity index (χ3v) is 11.7. The third-order valence-electron chi connectivity index (χ3n) is 9.57. The van der Waals surface area contributed by atoms with E-state index in [2.05, 4.69) is 19.2 Å². The van der Waals surface area contributed by atoms with E-state index in [-0.39, 0.29) is 125 Å². The van der Waals surface area contributed by atoms with Gasteiger partial charge < -0.3 is 34.4 Å². The molecule has 0 aromatic heterocycles. The van der Waals surface area contributed by atoms with Crippen LogP contribution < -0.4 is 70.2 Å². The third kappa shape index (κ3) is 44.8. The number of unbranched alkanes of at least 4 members (excludes halogenated alkanes) is 2. The summed E-state index contributed by atoms with van der Waals surface area (Å²) in [5.41, 5.74) is 3.55. The molecule has 0 aliphatic rings. The van der Waals surface area contributed by atoms with Crippen molar-refractivity contribution in [3.05, 3.63) is 0 Å². The molecule has 0 saturated carbocycles. The Kier molecular flexibility index (Phi) is 45.9. The normalized spacial score (nSPS) is 14.1. The first-order chi connectivity index (χ1) is 27.8. The van der Waals surface area contributed by atoms with Crippen molar-refractivity contribution in [3.63, 3.8) is 0 Å². The fraction of sp³-hybridized carbons (Fsp3) is 0.884. The van der Waals surface area contributed by atoms with Crippen LogP contribution >= 0.6 is 0 Å². The van der Waals surface area contributed by atoms with Gasteiger partial charge in [-0.3, -0.25) is 24.0 Å². The molecule has 63 heavy (non-hydrogen) atoms. The predicted octanol–water partition coefficient (Wildman–Crippen LogP) is 1.18. The van der Waals surface area contributed by atoms with Crippen LogP contribution in [-0.2, 0) is 58.4 Å².